The second kappa shape index (κ2) is 5.66. The predicted octanol–water partition coefficient (Wildman–Crippen LogP) is 3.33. The molecule has 7 nitrogen and oxygen atoms in total. The summed E-state index contributed by atoms with van der Waals surface area (Å²) in [7, 11) is 0. The van der Waals surface area contributed by atoms with Gasteiger partial charge in [0.1, 0.15) is 5.76 Å². The first-order valence-corrected chi connectivity index (χ1v) is 6.13. The standard InChI is InChI=1S/C14H13NO6/c1-8-3-4-10(15(18)19)13(7-8)20-9(2)11-5-6-12(21-11)14(16)17/h3-7,9H,1-2H3,(H,16,17). The number of hydrogen-bond acceptors (Lipinski definition) is 5. The highest BCUT2D eigenvalue weighted by molar-refractivity contribution is 5.84. The number of nitro benzene ring substituents is 1. The summed E-state index contributed by atoms with van der Waals surface area (Å²) in [6.45, 7) is 3.41. The van der Waals surface area contributed by atoms with Gasteiger partial charge < -0.3 is 14.3 Å². The molecule has 0 saturated carbocycles. The Hall–Kier alpha value is -2.83. The van der Waals surface area contributed by atoms with Gasteiger partial charge in [-0.3, -0.25) is 10.1 Å². The Morgan fingerprint density at radius 1 is 1.38 bits per heavy atom. The second-order valence-corrected chi connectivity index (χ2v) is 4.50. The van der Waals surface area contributed by atoms with Crippen LogP contribution in [0.5, 0.6) is 5.75 Å². The van der Waals surface area contributed by atoms with E-state index in [1.165, 1.54) is 18.2 Å². The summed E-state index contributed by atoms with van der Waals surface area (Å²) in [5, 5.41) is 19.8. The van der Waals surface area contributed by atoms with Gasteiger partial charge in [0.15, 0.2) is 11.9 Å². The van der Waals surface area contributed by atoms with Crippen molar-refractivity contribution in [2.24, 2.45) is 0 Å². The zero-order valence-corrected chi connectivity index (χ0v) is 11.4. The first-order chi connectivity index (χ1) is 9.88. The van der Waals surface area contributed by atoms with Crippen LogP contribution in [0, 0.1) is 17.0 Å². The molecule has 0 aliphatic carbocycles. The van der Waals surface area contributed by atoms with Gasteiger partial charge in [-0.1, -0.05) is 6.07 Å². The molecule has 0 aliphatic rings. The topological polar surface area (TPSA) is 103 Å². The highest BCUT2D eigenvalue weighted by atomic mass is 16.6. The lowest BCUT2D eigenvalue weighted by atomic mass is 10.2. The monoisotopic (exact) mass is 291 g/mol. The third kappa shape index (κ3) is 3.19. The van der Waals surface area contributed by atoms with Crippen molar-refractivity contribution in [2.45, 2.75) is 20.0 Å². The highest BCUT2D eigenvalue weighted by Crippen LogP contribution is 2.32. The van der Waals surface area contributed by atoms with E-state index in [4.69, 9.17) is 14.3 Å². The molecule has 2 aromatic rings. The smallest absolute Gasteiger partial charge is 0.371 e. The molecule has 0 spiro atoms. The Bertz CT molecular complexity index is 691. The second-order valence-electron chi connectivity index (χ2n) is 4.50. The quantitative estimate of drug-likeness (QED) is 0.669. The van der Waals surface area contributed by atoms with Crippen molar-refractivity contribution in [1.82, 2.24) is 0 Å². The summed E-state index contributed by atoms with van der Waals surface area (Å²) in [5.74, 6) is -1.00. The fourth-order valence-electron chi connectivity index (χ4n) is 1.80. The molecule has 1 heterocycles. The number of aryl methyl sites for hydroxylation is 1. The number of carboxylic acids is 1. The van der Waals surface area contributed by atoms with Crippen LogP contribution in [0.15, 0.2) is 34.7 Å². The lowest BCUT2D eigenvalue weighted by molar-refractivity contribution is -0.386. The molecule has 110 valence electrons. The maximum Gasteiger partial charge on any atom is 0.371 e. The van der Waals surface area contributed by atoms with E-state index in [1.54, 1.807) is 26.0 Å². The average molecular weight is 291 g/mol. The van der Waals surface area contributed by atoms with Gasteiger partial charge in [0.2, 0.25) is 5.76 Å². The lowest BCUT2D eigenvalue weighted by Crippen LogP contribution is -2.04. The van der Waals surface area contributed by atoms with Gasteiger partial charge in [-0.2, -0.15) is 0 Å². The van der Waals surface area contributed by atoms with Gasteiger partial charge >= 0.3 is 11.7 Å². The minimum Gasteiger partial charge on any atom is -0.476 e. The van der Waals surface area contributed by atoms with E-state index in [0.29, 0.717) is 0 Å². The third-order valence-corrected chi connectivity index (χ3v) is 2.85. The van der Waals surface area contributed by atoms with E-state index in [9.17, 15) is 14.9 Å². The van der Waals surface area contributed by atoms with Crippen LogP contribution in [0.2, 0.25) is 0 Å². The van der Waals surface area contributed by atoms with Crippen molar-refractivity contribution >= 4 is 11.7 Å². The van der Waals surface area contributed by atoms with Crippen LogP contribution >= 0.6 is 0 Å². The van der Waals surface area contributed by atoms with Crippen molar-refractivity contribution in [2.75, 3.05) is 0 Å². The van der Waals surface area contributed by atoms with Crippen LogP contribution in [0.1, 0.15) is 34.9 Å². The van der Waals surface area contributed by atoms with Crippen LogP contribution in [0.25, 0.3) is 0 Å². The van der Waals surface area contributed by atoms with Crippen molar-refractivity contribution in [3.05, 3.63) is 57.5 Å². The lowest BCUT2D eigenvalue weighted by Gasteiger charge is -2.13. The third-order valence-electron chi connectivity index (χ3n) is 2.85. The van der Waals surface area contributed by atoms with E-state index < -0.39 is 17.0 Å². The molecule has 1 aromatic heterocycles. The summed E-state index contributed by atoms with van der Waals surface area (Å²) < 4.78 is 10.7. The summed E-state index contributed by atoms with van der Waals surface area (Å²) in [6, 6.07) is 7.31. The molecule has 0 radical (unpaired) electrons. The summed E-state index contributed by atoms with van der Waals surface area (Å²) in [4.78, 5) is 21.2. The molecule has 0 amide bonds. The molecular formula is C14H13NO6. The van der Waals surface area contributed by atoms with E-state index in [2.05, 4.69) is 0 Å². The molecule has 7 heteroatoms. The molecule has 0 fully saturated rings. The van der Waals surface area contributed by atoms with Crippen molar-refractivity contribution < 1.29 is 24.0 Å². The molecule has 0 saturated heterocycles. The van der Waals surface area contributed by atoms with Crippen LogP contribution in [0.3, 0.4) is 0 Å². The molecule has 0 bridgehead atoms. The Morgan fingerprint density at radius 2 is 2.10 bits per heavy atom. The molecule has 21 heavy (non-hydrogen) atoms. The molecular weight excluding hydrogens is 278 g/mol. The van der Waals surface area contributed by atoms with E-state index in [-0.39, 0.29) is 23.0 Å². The Balaban J connectivity index is 2.26. The molecule has 1 aromatic carbocycles. The van der Waals surface area contributed by atoms with Gasteiger partial charge in [-0.25, -0.2) is 4.79 Å². The van der Waals surface area contributed by atoms with Gasteiger partial charge in [0.05, 0.1) is 4.92 Å². The Morgan fingerprint density at radius 3 is 2.67 bits per heavy atom. The zero-order valence-electron chi connectivity index (χ0n) is 11.4. The van der Waals surface area contributed by atoms with Crippen molar-refractivity contribution in [1.29, 1.82) is 0 Å². The van der Waals surface area contributed by atoms with Gasteiger partial charge in [-0.15, -0.1) is 0 Å². The molecule has 0 aliphatic heterocycles. The minimum absolute atomic E-state index is 0.112. The number of furan rings is 1. The number of nitrogens with zero attached hydrogens (tertiary/aromatic N) is 1. The normalized spacial score (nSPS) is 11.9. The SMILES string of the molecule is Cc1ccc([N+](=O)[O-])c(OC(C)c2ccc(C(=O)O)o2)c1. The van der Waals surface area contributed by atoms with Gasteiger partial charge in [0.25, 0.3) is 0 Å². The number of hydrogen-bond donors (Lipinski definition) is 1. The number of ether oxygens (including phenoxy) is 1. The Labute approximate surface area is 119 Å². The fraction of sp³-hybridized carbons (Fsp3) is 0.214. The van der Waals surface area contributed by atoms with Crippen LogP contribution in [-0.4, -0.2) is 16.0 Å². The van der Waals surface area contributed by atoms with E-state index in [1.807, 2.05) is 0 Å². The molecule has 1 N–H and O–H groups in total. The van der Waals surface area contributed by atoms with Crippen LogP contribution in [0.4, 0.5) is 5.69 Å². The highest BCUT2D eigenvalue weighted by Gasteiger charge is 2.20. The largest absolute Gasteiger partial charge is 0.476 e. The predicted molar refractivity (Wildman–Crippen MR) is 72.5 cm³/mol. The van der Waals surface area contributed by atoms with Crippen molar-refractivity contribution in [3.63, 3.8) is 0 Å². The summed E-state index contributed by atoms with van der Waals surface area (Å²) in [5.41, 5.74) is 0.658. The number of benzene rings is 1. The number of rotatable bonds is 5. The minimum atomic E-state index is -1.19. The molecule has 2 rings (SSSR count). The van der Waals surface area contributed by atoms with Crippen LogP contribution < -0.4 is 4.74 Å². The van der Waals surface area contributed by atoms with Crippen molar-refractivity contribution in [3.8, 4) is 5.75 Å². The number of carbonyl (C=O) groups is 1. The number of carboxylic acid groups (broad SMARTS) is 1. The number of nitro groups is 1. The summed E-state index contributed by atoms with van der Waals surface area (Å²) in [6.07, 6.45) is -0.654. The van der Waals surface area contributed by atoms with Crippen LogP contribution in [-0.2, 0) is 0 Å². The first-order valence-electron chi connectivity index (χ1n) is 6.13. The van der Waals surface area contributed by atoms with Gasteiger partial charge in [-0.05, 0) is 37.6 Å². The molecule has 1 unspecified atom stereocenters. The van der Waals surface area contributed by atoms with E-state index >= 15 is 0 Å². The fourth-order valence-corrected chi connectivity index (χ4v) is 1.80. The summed E-state index contributed by atoms with van der Waals surface area (Å²) >= 11 is 0. The van der Waals surface area contributed by atoms with Gasteiger partial charge in [0, 0.05) is 6.07 Å². The average Bonchev–Trinajstić information content (AvgIpc) is 2.88. The van der Waals surface area contributed by atoms with E-state index in [0.717, 1.165) is 5.56 Å². The first kappa shape index (κ1) is 14.6. The number of aromatic carboxylic acids is 1. The maximum absolute atomic E-state index is 11.0. The molecule has 1 atom stereocenters. The Kier molecular flexibility index (Phi) is 3.93. The maximum atomic E-state index is 11.0. The zero-order chi connectivity index (χ0) is 15.6.